The Hall–Kier alpha value is -4.15. The number of aliphatic hydroxyl groups is 1. The molecule has 0 amide bonds. The molecule has 0 radical (unpaired) electrons. The van der Waals surface area contributed by atoms with Crippen molar-refractivity contribution in [2.75, 3.05) is 19.7 Å². The van der Waals surface area contributed by atoms with Crippen LogP contribution < -0.4 is 9.47 Å². The van der Waals surface area contributed by atoms with Crippen molar-refractivity contribution in [3.63, 3.8) is 0 Å². The summed E-state index contributed by atoms with van der Waals surface area (Å²) in [6, 6.07) is 29.4. The van der Waals surface area contributed by atoms with Crippen LogP contribution in [0.15, 0.2) is 95.9 Å². The van der Waals surface area contributed by atoms with Gasteiger partial charge in [0, 0.05) is 42.0 Å². The number of nitrogens with zero attached hydrogens (tertiary/aromatic N) is 2. The minimum Gasteiger partial charge on any atom is -0.485 e. The molecule has 4 aromatic carbocycles. The molecule has 5 aromatic rings. The summed E-state index contributed by atoms with van der Waals surface area (Å²) >= 11 is 0. The van der Waals surface area contributed by atoms with Crippen molar-refractivity contribution in [1.29, 1.82) is 0 Å². The first-order valence-electron chi connectivity index (χ1n) is 18.3. The molecule has 2 fully saturated rings. The molecule has 262 valence electrons. The first-order valence-corrected chi connectivity index (χ1v) is 19.7. The number of hydrogen-bond acceptors (Lipinski definition) is 7. The summed E-state index contributed by atoms with van der Waals surface area (Å²) in [7, 11) is -3.95. The minimum atomic E-state index is -3.95. The number of rotatable bonds is 10. The Morgan fingerprint density at radius 1 is 0.961 bits per heavy atom. The average Bonchev–Trinajstić information content (AvgIpc) is 3.81. The molecule has 1 saturated heterocycles. The van der Waals surface area contributed by atoms with Crippen molar-refractivity contribution < 1.29 is 27.2 Å². The van der Waals surface area contributed by atoms with Crippen LogP contribution in [-0.4, -0.2) is 54.3 Å². The van der Waals surface area contributed by atoms with E-state index in [4.69, 9.17) is 13.7 Å². The Labute approximate surface area is 298 Å². The van der Waals surface area contributed by atoms with Gasteiger partial charge in [0.15, 0.2) is 17.6 Å². The summed E-state index contributed by atoms with van der Waals surface area (Å²) in [6.45, 7) is 4.53. The summed E-state index contributed by atoms with van der Waals surface area (Å²) in [6.07, 6.45) is 4.08. The van der Waals surface area contributed by atoms with Crippen molar-refractivity contribution in [2.45, 2.75) is 80.2 Å². The van der Waals surface area contributed by atoms with Gasteiger partial charge in [-0.2, -0.15) is 8.42 Å². The third-order valence-electron chi connectivity index (χ3n) is 12.4. The van der Waals surface area contributed by atoms with Gasteiger partial charge in [0.05, 0.1) is 28.2 Å². The molecule has 1 saturated carbocycles. The monoisotopic (exact) mass is 702 g/mol. The zero-order chi connectivity index (χ0) is 34.5. The Morgan fingerprint density at radius 3 is 2.55 bits per heavy atom. The molecule has 1 aromatic heterocycles. The van der Waals surface area contributed by atoms with Crippen LogP contribution in [-0.2, 0) is 45.7 Å². The zero-order valence-electron chi connectivity index (χ0n) is 28.8. The van der Waals surface area contributed by atoms with Crippen LogP contribution in [0.2, 0.25) is 0 Å². The van der Waals surface area contributed by atoms with Crippen molar-refractivity contribution >= 4 is 21.0 Å². The van der Waals surface area contributed by atoms with E-state index in [0.29, 0.717) is 31.2 Å². The van der Waals surface area contributed by atoms with Gasteiger partial charge in [0.2, 0.25) is 0 Å². The van der Waals surface area contributed by atoms with Crippen LogP contribution in [0.1, 0.15) is 58.9 Å². The molecule has 2 bridgehead atoms. The quantitative estimate of drug-likeness (QED) is 0.164. The fourth-order valence-electron chi connectivity index (χ4n) is 9.89. The second-order valence-electron chi connectivity index (χ2n) is 15.3. The fraction of sp³-hybridized carbons (Fsp3) is 0.381. The SMILES string of the molecule is Cc1ccc(S(=O)(=O)OCCn2c3c(c4ccccc42)C[C@@]2(O)[C@@H]4Cc5ccc(OCc6ccccc6)c6c5[C@@]2(CCN4CC2CC2)[C@H]3O6)cc1. The Bertz CT molecular complexity index is 2280. The highest BCUT2D eigenvalue weighted by Gasteiger charge is 2.73. The summed E-state index contributed by atoms with van der Waals surface area (Å²) in [5, 5.41) is 14.5. The third-order valence-corrected chi connectivity index (χ3v) is 13.7. The number of aryl methyl sites for hydroxylation is 1. The molecular weight excluding hydrogens is 661 g/mol. The number of para-hydroxylation sites is 1. The normalized spacial score (nSPS) is 26.1. The first-order chi connectivity index (χ1) is 24.8. The van der Waals surface area contributed by atoms with E-state index in [2.05, 4.69) is 45.9 Å². The second-order valence-corrected chi connectivity index (χ2v) is 16.9. The second kappa shape index (κ2) is 11.4. The number of aromatic nitrogens is 1. The van der Waals surface area contributed by atoms with Crippen molar-refractivity contribution in [1.82, 2.24) is 9.47 Å². The Balaban J connectivity index is 1.09. The lowest BCUT2D eigenvalue weighted by atomic mass is 9.49. The van der Waals surface area contributed by atoms with Crippen LogP contribution in [0.3, 0.4) is 0 Å². The standard InChI is InChI=1S/C42H42N2O6S/c1-27-11-16-31(17-12-27)51(46,47)49-22-21-44-34-10-6-5-9-32(34)33-24-42(45)36-23-30-15-18-35(48-26-29-7-3-2-4-8-29)39-37(30)41(42,40(50-39)38(33)44)19-20-43(36)25-28-13-14-28/h2-12,15-18,28,36,40,45H,13-14,19-26H2,1H3/t36-,40-,41-,42+/m0/s1. The molecule has 51 heavy (non-hydrogen) atoms. The van der Waals surface area contributed by atoms with Gasteiger partial charge in [0.25, 0.3) is 10.1 Å². The minimum absolute atomic E-state index is 0.0350. The lowest BCUT2D eigenvalue weighted by molar-refractivity contribution is -0.173. The average molecular weight is 703 g/mol. The largest absolute Gasteiger partial charge is 0.485 e. The molecule has 5 aliphatic rings. The van der Waals surface area contributed by atoms with Crippen molar-refractivity contribution in [2.24, 2.45) is 5.92 Å². The maximum absolute atomic E-state index is 13.5. The van der Waals surface area contributed by atoms with E-state index in [0.717, 1.165) is 70.5 Å². The van der Waals surface area contributed by atoms with Crippen LogP contribution >= 0.6 is 0 Å². The van der Waals surface area contributed by atoms with E-state index in [1.54, 1.807) is 24.3 Å². The van der Waals surface area contributed by atoms with E-state index < -0.39 is 27.2 Å². The van der Waals surface area contributed by atoms with Gasteiger partial charge in [-0.05, 0) is 86.0 Å². The number of fused-ring (bicyclic) bond motifs is 4. The van der Waals surface area contributed by atoms with Crippen LogP contribution in [0.25, 0.3) is 10.9 Å². The molecule has 4 atom stereocenters. The molecule has 2 aliphatic heterocycles. The van der Waals surface area contributed by atoms with Crippen LogP contribution in [0.5, 0.6) is 11.5 Å². The third kappa shape index (κ3) is 4.71. The number of ether oxygens (including phenoxy) is 2. The number of piperidine rings is 1. The van der Waals surface area contributed by atoms with E-state index in [9.17, 15) is 13.5 Å². The van der Waals surface area contributed by atoms with Gasteiger partial charge in [-0.3, -0.25) is 9.08 Å². The highest BCUT2D eigenvalue weighted by molar-refractivity contribution is 7.86. The van der Waals surface area contributed by atoms with Crippen LogP contribution in [0.4, 0.5) is 0 Å². The van der Waals surface area contributed by atoms with E-state index in [1.807, 2.05) is 37.3 Å². The van der Waals surface area contributed by atoms with Crippen LogP contribution in [0, 0.1) is 12.8 Å². The molecule has 1 spiro atoms. The molecular formula is C42H42N2O6S. The topological polar surface area (TPSA) is 90.2 Å². The maximum Gasteiger partial charge on any atom is 0.297 e. The predicted molar refractivity (Wildman–Crippen MR) is 194 cm³/mol. The Morgan fingerprint density at radius 2 is 1.75 bits per heavy atom. The van der Waals surface area contributed by atoms with Crippen molar-refractivity contribution in [3.05, 3.63) is 125 Å². The lowest BCUT2D eigenvalue weighted by Crippen LogP contribution is -2.74. The van der Waals surface area contributed by atoms with Crippen molar-refractivity contribution in [3.8, 4) is 11.5 Å². The number of hydrogen-bond donors (Lipinski definition) is 1. The first kappa shape index (κ1) is 31.6. The number of benzene rings is 4. The molecule has 10 rings (SSSR count). The van der Waals surface area contributed by atoms with E-state index >= 15 is 0 Å². The van der Waals surface area contributed by atoms with Gasteiger partial charge < -0.3 is 19.1 Å². The zero-order valence-corrected chi connectivity index (χ0v) is 29.6. The van der Waals surface area contributed by atoms with Gasteiger partial charge in [0.1, 0.15) is 6.61 Å². The molecule has 3 heterocycles. The number of likely N-dealkylation sites (tertiary alicyclic amines) is 1. The van der Waals surface area contributed by atoms with E-state index in [-0.39, 0.29) is 17.5 Å². The molecule has 8 nitrogen and oxygen atoms in total. The highest BCUT2D eigenvalue weighted by Crippen LogP contribution is 2.69. The highest BCUT2D eigenvalue weighted by atomic mass is 32.2. The smallest absolute Gasteiger partial charge is 0.297 e. The van der Waals surface area contributed by atoms with Gasteiger partial charge in [-0.25, -0.2) is 0 Å². The summed E-state index contributed by atoms with van der Waals surface area (Å²) < 4.78 is 48.1. The molecule has 3 aliphatic carbocycles. The fourth-order valence-corrected chi connectivity index (χ4v) is 10.8. The predicted octanol–water partition coefficient (Wildman–Crippen LogP) is 6.63. The summed E-state index contributed by atoms with van der Waals surface area (Å²) in [5.41, 5.74) is 5.72. The Kier molecular flexibility index (Phi) is 7.07. The lowest BCUT2D eigenvalue weighted by Gasteiger charge is -2.63. The summed E-state index contributed by atoms with van der Waals surface area (Å²) in [4.78, 5) is 2.72. The molecule has 9 heteroatoms. The maximum atomic E-state index is 13.5. The molecule has 0 unspecified atom stereocenters. The van der Waals surface area contributed by atoms with Gasteiger partial charge >= 0.3 is 0 Å². The van der Waals surface area contributed by atoms with Gasteiger partial charge in [-0.15, -0.1) is 0 Å². The summed E-state index contributed by atoms with van der Waals surface area (Å²) in [5.74, 6) is 2.14. The van der Waals surface area contributed by atoms with E-state index in [1.165, 1.54) is 18.4 Å². The molecule has 1 N–H and O–H groups in total. The van der Waals surface area contributed by atoms with Gasteiger partial charge in [-0.1, -0.05) is 72.3 Å².